The first-order chi connectivity index (χ1) is 12.9. The van der Waals surface area contributed by atoms with Crippen LogP contribution in [0.2, 0.25) is 0 Å². The molecule has 1 heterocycles. The minimum Gasteiger partial charge on any atom is -0.357 e. The highest BCUT2D eigenvalue weighted by Gasteiger charge is 2.32. The maximum atomic E-state index is 12.7. The maximum Gasteiger partial charge on any atom is 0.433 e. The van der Waals surface area contributed by atoms with Gasteiger partial charge in [0.15, 0.2) is 5.96 Å². The molecule has 0 bridgehead atoms. The van der Waals surface area contributed by atoms with E-state index in [4.69, 9.17) is 0 Å². The summed E-state index contributed by atoms with van der Waals surface area (Å²) < 4.78 is 38.0. The number of nitrogens with zero attached hydrogens (tertiary/aromatic N) is 4. The van der Waals surface area contributed by atoms with Gasteiger partial charge in [0.25, 0.3) is 0 Å². The predicted molar refractivity (Wildman–Crippen MR) is 117 cm³/mol. The molecule has 1 aromatic heterocycles. The molecule has 8 nitrogen and oxygen atoms in total. The molecule has 29 heavy (non-hydrogen) atoms. The summed E-state index contributed by atoms with van der Waals surface area (Å²) in [7, 11) is 1.73. The second kappa shape index (κ2) is 12.0. The van der Waals surface area contributed by atoms with Crippen LogP contribution in [0.3, 0.4) is 0 Å². The number of amides is 1. The summed E-state index contributed by atoms with van der Waals surface area (Å²) in [6.07, 6.45) is -3.47. The number of aromatic nitrogens is 2. The Morgan fingerprint density at radius 2 is 1.93 bits per heavy atom. The van der Waals surface area contributed by atoms with Crippen molar-refractivity contribution in [3.63, 3.8) is 0 Å². The number of aliphatic imine (C=N–C) groups is 1. The molecule has 3 N–H and O–H groups in total. The fraction of sp³-hybridized carbons (Fsp3) is 0.647. The highest BCUT2D eigenvalue weighted by atomic mass is 127. The van der Waals surface area contributed by atoms with Crippen LogP contribution in [0.5, 0.6) is 0 Å². The van der Waals surface area contributed by atoms with E-state index in [1.165, 1.54) is 0 Å². The molecule has 0 unspecified atom stereocenters. The number of likely N-dealkylation sites (N-methyl/N-ethyl adjacent to an activating group) is 1. The Morgan fingerprint density at radius 3 is 2.48 bits per heavy atom. The van der Waals surface area contributed by atoms with Gasteiger partial charge in [-0.15, -0.1) is 24.0 Å². The Balaban J connectivity index is 0.00000784. The monoisotopic (exact) mass is 531 g/mol. The molecule has 0 radical (unpaired) electrons. The van der Waals surface area contributed by atoms with Crippen LogP contribution in [0.25, 0.3) is 0 Å². The average molecular weight is 531 g/mol. The van der Waals surface area contributed by atoms with Crippen LogP contribution >= 0.6 is 24.0 Å². The Morgan fingerprint density at radius 1 is 1.28 bits per heavy atom. The molecule has 0 aliphatic rings. The summed E-state index contributed by atoms with van der Waals surface area (Å²) in [5, 5.41) is 8.65. The number of rotatable bonds is 7. The number of guanidine groups is 1. The fourth-order valence-corrected chi connectivity index (χ4v) is 2.15. The molecule has 1 rings (SSSR count). The van der Waals surface area contributed by atoms with E-state index >= 15 is 0 Å². The Kier molecular flexibility index (Phi) is 11.2. The van der Waals surface area contributed by atoms with Crippen molar-refractivity contribution >= 4 is 41.8 Å². The van der Waals surface area contributed by atoms with Crippen LogP contribution in [0.1, 0.15) is 33.4 Å². The van der Waals surface area contributed by atoms with Crippen molar-refractivity contribution in [3.8, 4) is 0 Å². The molecule has 0 atom stereocenters. The standard InChI is InChI=1S/C17H28F3N7O.HI/c1-6-21-15(27(5)11-13(28)26-16(2,3)4)24-10-9-23-14-22-8-7-12(25-14)17(18,19)20;/h7-8H,6,9-11H2,1-5H3,(H,21,24)(H,26,28)(H,22,23,25);1H. The van der Waals surface area contributed by atoms with Gasteiger partial charge in [-0.05, 0) is 33.8 Å². The number of hydrogen-bond acceptors (Lipinski definition) is 5. The highest BCUT2D eigenvalue weighted by molar-refractivity contribution is 14.0. The molecule has 0 spiro atoms. The van der Waals surface area contributed by atoms with E-state index in [0.717, 1.165) is 12.3 Å². The molecule has 0 aliphatic carbocycles. The van der Waals surface area contributed by atoms with Crippen LogP contribution in [-0.4, -0.2) is 65.5 Å². The van der Waals surface area contributed by atoms with Crippen molar-refractivity contribution in [1.29, 1.82) is 0 Å². The topological polar surface area (TPSA) is 94.5 Å². The number of hydrogen-bond donors (Lipinski definition) is 3. The fourth-order valence-electron chi connectivity index (χ4n) is 2.15. The SMILES string of the molecule is CCNC(=NCCNc1nccc(C(F)(F)F)n1)N(C)CC(=O)NC(C)(C)C.I. The third kappa shape index (κ3) is 11.0. The number of halogens is 4. The molecular formula is C17H29F3IN7O. The Bertz CT molecular complexity index is 678. The zero-order chi connectivity index (χ0) is 21.4. The first-order valence-electron chi connectivity index (χ1n) is 8.87. The lowest BCUT2D eigenvalue weighted by Crippen LogP contribution is -2.48. The quantitative estimate of drug-likeness (QED) is 0.217. The van der Waals surface area contributed by atoms with E-state index in [2.05, 4.69) is 30.9 Å². The lowest BCUT2D eigenvalue weighted by atomic mass is 10.1. The first kappa shape index (κ1) is 27.1. The van der Waals surface area contributed by atoms with Gasteiger partial charge in [-0.1, -0.05) is 0 Å². The van der Waals surface area contributed by atoms with Gasteiger partial charge >= 0.3 is 6.18 Å². The lowest BCUT2D eigenvalue weighted by molar-refractivity contribution is -0.141. The lowest BCUT2D eigenvalue weighted by Gasteiger charge is -2.25. The minimum absolute atomic E-state index is 0. The summed E-state index contributed by atoms with van der Waals surface area (Å²) >= 11 is 0. The van der Waals surface area contributed by atoms with Crippen LogP contribution in [0.4, 0.5) is 19.1 Å². The van der Waals surface area contributed by atoms with E-state index in [1.807, 2.05) is 27.7 Å². The van der Waals surface area contributed by atoms with Gasteiger partial charge in [0.05, 0.1) is 13.1 Å². The van der Waals surface area contributed by atoms with Crippen LogP contribution in [0, 0.1) is 0 Å². The third-order valence-corrected chi connectivity index (χ3v) is 3.19. The first-order valence-corrected chi connectivity index (χ1v) is 8.87. The summed E-state index contributed by atoms with van der Waals surface area (Å²) in [5.74, 6) is 0.252. The summed E-state index contributed by atoms with van der Waals surface area (Å²) in [5.41, 5.74) is -1.34. The molecule has 0 aromatic carbocycles. The van der Waals surface area contributed by atoms with Crippen LogP contribution in [-0.2, 0) is 11.0 Å². The highest BCUT2D eigenvalue weighted by Crippen LogP contribution is 2.27. The van der Waals surface area contributed by atoms with E-state index in [0.29, 0.717) is 12.5 Å². The van der Waals surface area contributed by atoms with Gasteiger partial charge in [0.1, 0.15) is 5.69 Å². The van der Waals surface area contributed by atoms with Gasteiger partial charge in [0.2, 0.25) is 11.9 Å². The number of alkyl halides is 3. The van der Waals surface area contributed by atoms with Gasteiger partial charge in [-0.25, -0.2) is 9.97 Å². The Labute approximate surface area is 186 Å². The van der Waals surface area contributed by atoms with Crippen molar-refractivity contribution in [1.82, 2.24) is 25.5 Å². The van der Waals surface area contributed by atoms with E-state index in [9.17, 15) is 18.0 Å². The minimum atomic E-state index is -4.52. The second-order valence-electron chi connectivity index (χ2n) is 7.08. The molecule has 166 valence electrons. The van der Waals surface area contributed by atoms with Crippen molar-refractivity contribution in [2.45, 2.75) is 39.4 Å². The number of carbonyl (C=O) groups excluding carboxylic acids is 1. The van der Waals surface area contributed by atoms with Crippen molar-refractivity contribution in [2.24, 2.45) is 4.99 Å². The predicted octanol–water partition coefficient (Wildman–Crippen LogP) is 2.34. The Hall–Kier alpha value is -1.86. The molecular weight excluding hydrogens is 502 g/mol. The van der Waals surface area contributed by atoms with Gasteiger partial charge in [-0.2, -0.15) is 13.2 Å². The molecule has 0 aliphatic heterocycles. The van der Waals surface area contributed by atoms with Crippen LogP contribution < -0.4 is 16.0 Å². The van der Waals surface area contributed by atoms with E-state index < -0.39 is 11.9 Å². The van der Waals surface area contributed by atoms with Crippen molar-refractivity contribution in [2.75, 3.05) is 38.5 Å². The average Bonchev–Trinajstić information content (AvgIpc) is 2.55. The molecule has 12 heteroatoms. The molecule has 1 amide bonds. The van der Waals surface area contributed by atoms with Gasteiger partial charge in [-0.3, -0.25) is 9.79 Å². The largest absolute Gasteiger partial charge is 0.433 e. The zero-order valence-electron chi connectivity index (χ0n) is 17.2. The molecule has 0 fully saturated rings. The number of nitrogens with one attached hydrogen (secondary N) is 3. The van der Waals surface area contributed by atoms with Gasteiger partial charge in [0, 0.05) is 31.9 Å². The van der Waals surface area contributed by atoms with E-state index in [-0.39, 0.29) is 61.0 Å². The molecule has 0 saturated carbocycles. The zero-order valence-corrected chi connectivity index (χ0v) is 19.6. The van der Waals surface area contributed by atoms with Crippen molar-refractivity contribution < 1.29 is 18.0 Å². The van der Waals surface area contributed by atoms with Crippen molar-refractivity contribution in [3.05, 3.63) is 18.0 Å². The van der Waals surface area contributed by atoms with Gasteiger partial charge < -0.3 is 20.9 Å². The van der Waals surface area contributed by atoms with Crippen LogP contribution in [0.15, 0.2) is 17.3 Å². The maximum absolute atomic E-state index is 12.7. The summed E-state index contributed by atoms with van der Waals surface area (Å²) in [6, 6.07) is 0.810. The normalized spacial score (nSPS) is 12.1. The second-order valence-corrected chi connectivity index (χ2v) is 7.08. The molecule has 1 aromatic rings. The smallest absolute Gasteiger partial charge is 0.357 e. The molecule has 0 saturated heterocycles. The number of anilines is 1. The summed E-state index contributed by atoms with van der Waals surface area (Å²) in [6.45, 7) is 8.79. The summed E-state index contributed by atoms with van der Waals surface area (Å²) in [4.78, 5) is 25.3. The van der Waals surface area contributed by atoms with E-state index in [1.54, 1.807) is 11.9 Å². The number of carbonyl (C=O) groups is 1. The third-order valence-electron chi connectivity index (χ3n) is 3.19.